The van der Waals surface area contributed by atoms with E-state index in [9.17, 15) is 0 Å². The van der Waals surface area contributed by atoms with Gasteiger partial charge >= 0.3 is 0 Å². The van der Waals surface area contributed by atoms with Gasteiger partial charge in [-0.1, -0.05) is 6.07 Å². The Kier molecular flexibility index (Phi) is 2.23. The van der Waals surface area contributed by atoms with Crippen LogP contribution in [0.4, 0.5) is 5.95 Å². The monoisotopic (exact) mass is 253 g/mol. The second-order valence-electron chi connectivity index (χ2n) is 3.54. The molecule has 14 heavy (non-hydrogen) atoms. The van der Waals surface area contributed by atoms with Gasteiger partial charge in [-0.3, -0.25) is 0 Å². The highest BCUT2D eigenvalue weighted by Gasteiger charge is 2.11. The Balaban J connectivity index is 2.83. The molecular formula is C10H12BrN3. The van der Waals surface area contributed by atoms with E-state index in [1.807, 2.05) is 22.8 Å². The topological polar surface area (TPSA) is 43.8 Å². The van der Waals surface area contributed by atoms with Gasteiger partial charge in [0.05, 0.1) is 5.52 Å². The van der Waals surface area contributed by atoms with Crippen LogP contribution < -0.4 is 5.73 Å². The highest BCUT2D eigenvalue weighted by Crippen LogP contribution is 2.27. The molecule has 0 atom stereocenters. The predicted octanol–water partition coefficient (Wildman–Crippen LogP) is 2.96. The van der Waals surface area contributed by atoms with Crippen molar-refractivity contribution in [3.63, 3.8) is 0 Å². The van der Waals surface area contributed by atoms with Crippen LogP contribution >= 0.6 is 15.9 Å². The average Bonchev–Trinajstić information content (AvgIpc) is 2.42. The van der Waals surface area contributed by atoms with E-state index < -0.39 is 0 Å². The van der Waals surface area contributed by atoms with E-state index in [-0.39, 0.29) is 0 Å². The highest BCUT2D eigenvalue weighted by atomic mass is 79.9. The molecule has 0 amide bonds. The highest BCUT2D eigenvalue weighted by molar-refractivity contribution is 9.10. The molecule has 2 rings (SSSR count). The maximum absolute atomic E-state index is 5.85. The fourth-order valence-corrected chi connectivity index (χ4v) is 2.09. The molecule has 0 unspecified atom stereocenters. The van der Waals surface area contributed by atoms with Crippen molar-refractivity contribution in [2.45, 2.75) is 19.9 Å². The number of nitrogens with zero attached hydrogens (tertiary/aromatic N) is 2. The summed E-state index contributed by atoms with van der Waals surface area (Å²) in [7, 11) is 0. The van der Waals surface area contributed by atoms with Crippen LogP contribution in [0.15, 0.2) is 22.7 Å². The van der Waals surface area contributed by atoms with Gasteiger partial charge in [0, 0.05) is 10.5 Å². The van der Waals surface area contributed by atoms with Crippen LogP contribution in [0, 0.1) is 0 Å². The fraction of sp³-hybridized carbons (Fsp3) is 0.300. The van der Waals surface area contributed by atoms with Crippen LogP contribution in [-0.2, 0) is 0 Å². The first-order valence-corrected chi connectivity index (χ1v) is 5.32. The van der Waals surface area contributed by atoms with Crippen molar-refractivity contribution in [2.75, 3.05) is 5.73 Å². The Morgan fingerprint density at radius 3 is 2.79 bits per heavy atom. The first-order chi connectivity index (χ1) is 6.61. The van der Waals surface area contributed by atoms with Gasteiger partial charge < -0.3 is 10.3 Å². The van der Waals surface area contributed by atoms with Crippen molar-refractivity contribution in [2.24, 2.45) is 0 Å². The van der Waals surface area contributed by atoms with E-state index in [2.05, 4.69) is 34.8 Å². The van der Waals surface area contributed by atoms with E-state index in [0.717, 1.165) is 15.5 Å². The summed E-state index contributed by atoms with van der Waals surface area (Å²) in [5, 5.41) is 0. The van der Waals surface area contributed by atoms with E-state index in [4.69, 9.17) is 5.73 Å². The lowest BCUT2D eigenvalue weighted by atomic mass is 10.3. The third-order valence-corrected chi connectivity index (χ3v) is 2.85. The fourth-order valence-electron chi connectivity index (χ4n) is 1.64. The summed E-state index contributed by atoms with van der Waals surface area (Å²) >= 11 is 3.46. The normalized spacial score (nSPS) is 11.4. The number of imidazole rings is 1. The average molecular weight is 254 g/mol. The van der Waals surface area contributed by atoms with E-state index >= 15 is 0 Å². The maximum Gasteiger partial charge on any atom is 0.201 e. The van der Waals surface area contributed by atoms with E-state index in [1.165, 1.54) is 0 Å². The molecule has 1 heterocycles. The SMILES string of the molecule is CC(C)n1c(N)nc2c(Br)cccc21. The molecule has 2 aromatic rings. The lowest BCUT2D eigenvalue weighted by Gasteiger charge is -2.09. The summed E-state index contributed by atoms with van der Waals surface area (Å²) in [6.45, 7) is 4.19. The minimum absolute atomic E-state index is 0.328. The summed E-state index contributed by atoms with van der Waals surface area (Å²) < 4.78 is 3.02. The minimum Gasteiger partial charge on any atom is -0.369 e. The van der Waals surface area contributed by atoms with Crippen molar-refractivity contribution >= 4 is 32.9 Å². The number of para-hydroxylation sites is 1. The summed E-state index contributed by atoms with van der Waals surface area (Å²) in [6, 6.07) is 6.32. The zero-order valence-corrected chi connectivity index (χ0v) is 9.75. The van der Waals surface area contributed by atoms with Gasteiger partial charge in [-0.25, -0.2) is 4.98 Å². The predicted molar refractivity (Wildman–Crippen MR) is 62.2 cm³/mol. The van der Waals surface area contributed by atoms with Crippen molar-refractivity contribution in [3.8, 4) is 0 Å². The Morgan fingerprint density at radius 1 is 1.43 bits per heavy atom. The number of halogens is 1. The van der Waals surface area contributed by atoms with Gasteiger partial charge in [-0.05, 0) is 41.9 Å². The van der Waals surface area contributed by atoms with Crippen LogP contribution in [0.5, 0.6) is 0 Å². The van der Waals surface area contributed by atoms with Crippen LogP contribution in [0.1, 0.15) is 19.9 Å². The van der Waals surface area contributed by atoms with Gasteiger partial charge in [0.25, 0.3) is 0 Å². The summed E-state index contributed by atoms with van der Waals surface area (Å²) in [5.41, 5.74) is 7.86. The van der Waals surface area contributed by atoms with E-state index in [0.29, 0.717) is 12.0 Å². The minimum atomic E-state index is 0.328. The second kappa shape index (κ2) is 3.28. The molecule has 0 bridgehead atoms. The number of anilines is 1. The van der Waals surface area contributed by atoms with Crippen molar-refractivity contribution < 1.29 is 0 Å². The zero-order valence-electron chi connectivity index (χ0n) is 8.16. The van der Waals surface area contributed by atoms with Crippen LogP contribution in [0.25, 0.3) is 11.0 Å². The second-order valence-corrected chi connectivity index (χ2v) is 4.40. The molecule has 3 nitrogen and oxygen atoms in total. The number of benzene rings is 1. The molecule has 0 radical (unpaired) electrons. The van der Waals surface area contributed by atoms with Crippen molar-refractivity contribution in [1.29, 1.82) is 0 Å². The lowest BCUT2D eigenvalue weighted by molar-refractivity contribution is 0.627. The van der Waals surface area contributed by atoms with Gasteiger partial charge in [0.1, 0.15) is 5.52 Å². The van der Waals surface area contributed by atoms with Crippen LogP contribution in [-0.4, -0.2) is 9.55 Å². The molecule has 0 aliphatic carbocycles. The Labute approximate surface area is 91.1 Å². The molecule has 0 spiro atoms. The molecular weight excluding hydrogens is 242 g/mol. The number of nitrogens with two attached hydrogens (primary N) is 1. The van der Waals surface area contributed by atoms with Gasteiger partial charge in [-0.2, -0.15) is 0 Å². The maximum atomic E-state index is 5.85. The largest absolute Gasteiger partial charge is 0.369 e. The lowest BCUT2D eigenvalue weighted by Crippen LogP contribution is -2.05. The summed E-state index contributed by atoms with van der Waals surface area (Å²) in [5.74, 6) is 0.571. The van der Waals surface area contributed by atoms with Gasteiger partial charge in [0.15, 0.2) is 0 Å². The Hall–Kier alpha value is -1.03. The smallest absolute Gasteiger partial charge is 0.201 e. The number of nitrogen functional groups attached to an aromatic ring is 1. The standard InChI is InChI=1S/C10H12BrN3/c1-6(2)14-8-5-3-4-7(11)9(8)13-10(14)12/h3-6H,1-2H3,(H2,12,13). The van der Waals surface area contributed by atoms with Gasteiger partial charge in [-0.15, -0.1) is 0 Å². The van der Waals surface area contributed by atoms with Crippen LogP contribution in [0.3, 0.4) is 0 Å². The molecule has 0 aliphatic rings. The summed E-state index contributed by atoms with van der Waals surface area (Å²) in [4.78, 5) is 4.33. The van der Waals surface area contributed by atoms with Gasteiger partial charge in [0.2, 0.25) is 5.95 Å². The number of rotatable bonds is 1. The molecule has 4 heteroatoms. The molecule has 0 fully saturated rings. The van der Waals surface area contributed by atoms with Crippen LogP contribution in [0.2, 0.25) is 0 Å². The molecule has 1 aromatic carbocycles. The van der Waals surface area contributed by atoms with Crippen molar-refractivity contribution in [3.05, 3.63) is 22.7 Å². The molecule has 0 aliphatic heterocycles. The number of hydrogen-bond donors (Lipinski definition) is 1. The first-order valence-electron chi connectivity index (χ1n) is 4.53. The molecule has 2 N–H and O–H groups in total. The Morgan fingerprint density at radius 2 is 2.14 bits per heavy atom. The first kappa shape index (κ1) is 9.52. The number of hydrogen-bond acceptors (Lipinski definition) is 2. The quantitative estimate of drug-likeness (QED) is 0.850. The number of aromatic nitrogens is 2. The Bertz CT molecular complexity index is 473. The van der Waals surface area contributed by atoms with Crippen molar-refractivity contribution in [1.82, 2.24) is 9.55 Å². The molecule has 0 saturated carbocycles. The van der Waals surface area contributed by atoms with E-state index in [1.54, 1.807) is 0 Å². The molecule has 0 saturated heterocycles. The third kappa shape index (κ3) is 1.30. The molecule has 1 aromatic heterocycles. The zero-order chi connectivity index (χ0) is 10.3. The summed E-state index contributed by atoms with van der Waals surface area (Å²) in [6.07, 6.45) is 0. The third-order valence-electron chi connectivity index (χ3n) is 2.21. The number of fused-ring (bicyclic) bond motifs is 1. The molecule has 74 valence electrons.